The summed E-state index contributed by atoms with van der Waals surface area (Å²) >= 11 is 0. The number of rotatable bonds is 8. The molecule has 0 radical (unpaired) electrons. The Kier molecular flexibility index (Phi) is 6.96. The van der Waals surface area contributed by atoms with E-state index in [2.05, 4.69) is 25.3 Å². The molecule has 0 bridgehead atoms. The molecule has 0 aliphatic carbocycles. The Hall–Kier alpha value is -3.33. The predicted molar refractivity (Wildman–Crippen MR) is 114 cm³/mol. The predicted octanol–water partition coefficient (Wildman–Crippen LogP) is 5.06. The highest BCUT2D eigenvalue weighted by Gasteiger charge is 2.31. The van der Waals surface area contributed by atoms with E-state index in [0.717, 1.165) is 23.2 Å². The SMILES string of the molecule is CCc1cccc(C)c1Nc1cc(-c2cccc(OC(F)(F)F)c2)nc(NCCO)n1. The zero-order valence-electron chi connectivity index (χ0n) is 17.1. The van der Waals surface area contributed by atoms with Crippen LogP contribution in [0.15, 0.2) is 48.5 Å². The molecule has 1 aromatic heterocycles. The summed E-state index contributed by atoms with van der Waals surface area (Å²) in [4.78, 5) is 8.81. The zero-order valence-corrected chi connectivity index (χ0v) is 17.1. The first-order chi connectivity index (χ1) is 14.8. The van der Waals surface area contributed by atoms with Gasteiger partial charge in [-0.2, -0.15) is 4.98 Å². The molecule has 3 N–H and O–H groups in total. The number of aromatic nitrogens is 2. The van der Waals surface area contributed by atoms with Crippen LogP contribution in [0.1, 0.15) is 18.1 Å². The van der Waals surface area contributed by atoms with Crippen molar-refractivity contribution in [3.8, 4) is 17.0 Å². The summed E-state index contributed by atoms with van der Waals surface area (Å²) < 4.78 is 41.8. The molecule has 164 valence electrons. The zero-order chi connectivity index (χ0) is 22.4. The number of hydrogen-bond donors (Lipinski definition) is 3. The fraction of sp³-hybridized carbons (Fsp3) is 0.273. The maximum absolute atomic E-state index is 12.6. The van der Waals surface area contributed by atoms with Gasteiger partial charge in [0.15, 0.2) is 0 Å². The molecular formula is C22H23F3N4O2. The van der Waals surface area contributed by atoms with Crippen LogP contribution in [0.25, 0.3) is 11.3 Å². The molecular weight excluding hydrogens is 409 g/mol. The van der Waals surface area contributed by atoms with Gasteiger partial charge in [-0.15, -0.1) is 13.2 Å². The summed E-state index contributed by atoms with van der Waals surface area (Å²) in [6.45, 7) is 4.13. The van der Waals surface area contributed by atoms with Gasteiger partial charge in [0.05, 0.1) is 12.3 Å². The van der Waals surface area contributed by atoms with Crippen molar-refractivity contribution >= 4 is 17.5 Å². The molecule has 3 rings (SSSR count). The van der Waals surface area contributed by atoms with Gasteiger partial charge in [0.2, 0.25) is 5.95 Å². The highest BCUT2D eigenvalue weighted by atomic mass is 19.4. The lowest BCUT2D eigenvalue weighted by atomic mass is 10.1. The number of nitrogens with one attached hydrogen (secondary N) is 2. The van der Waals surface area contributed by atoms with Crippen LogP contribution in [0.4, 0.5) is 30.6 Å². The monoisotopic (exact) mass is 432 g/mol. The van der Waals surface area contributed by atoms with E-state index in [1.54, 1.807) is 12.1 Å². The number of benzene rings is 2. The Morgan fingerprint density at radius 3 is 2.55 bits per heavy atom. The van der Waals surface area contributed by atoms with Gasteiger partial charge in [0.25, 0.3) is 0 Å². The van der Waals surface area contributed by atoms with Gasteiger partial charge in [-0.3, -0.25) is 0 Å². The van der Waals surface area contributed by atoms with Crippen molar-refractivity contribution in [2.24, 2.45) is 0 Å². The van der Waals surface area contributed by atoms with Gasteiger partial charge >= 0.3 is 6.36 Å². The second kappa shape index (κ2) is 9.65. The minimum absolute atomic E-state index is 0.122. The number of nitrogens with zero attached hydrogens (tertiary/aromatic N) is 2. The standard InChI is InChI=1S/C22H23F3N4O2/c1-3-15-7-4-6-14(2)20(15)28-19-13-18(27-21(29-19)26-10-11-30)16-8-5-9-17(12-16)31-22(23,24)25/h4-9,12-13,30H,3,10-11H2,1-2H3,(H2,26,27,28,29). The molecule has 0 atom stereocenters. The van der Waals surface area contributed by atoms with Crippen molar-refractivity contribution in [2.75, 3.05) is 23.8 Å². The average molecular weight is 432 g/mol. The number of halogens is 3. The van der Waals surface area contributed by atoms with E-state index in [1.165, 1.54) is 18.2 Å². The molecule has 0 fully saturated rings. The first kappa shape index (κ1) is 22.4. The summed E-state index contributed by atoms with van der Waals surface area (Å²) in [5, 5.41) is 15.3. The van der Waals surface area contributed by atoms with Gasteiger partial charge in [-0.1, -0.05) is 37.3 Å². The first-order valence-electron chi connectivity index (χ1n) is 9.74. The van der Waals surface area contributed by atoms with E-state index in [0.29, 0.717) is 17.1 Å². The summed E-state index contributed by atoms with van der Waals surface area (Å²) in [6, 6.07) is 13.2. The number of aliphatic hydroxyl groups is 1. The van der Waals surface area contributed by atoms with E-state index in [1.807, 2.05) is 32.0 Å². The fourth-order valence-electron chi connectivity index (χ4n) is 3.09. The van der Waals surface area contributed by atoms with Crippen LogP contribution < -0.4 is 15.4 Å². The Labute approximate surface area is 178 Å². The number of aryl methyl sites for hydroxylation is 2. The van der Waals surface area contributed by atoms with E-state index in [9.17, 15) is 13.2 Å². The lowest BCUT2D eigenvalue weighted by Crippen LogP contribution is -2.17. The van der Waals surface area contributed by atoms with Crippen LogP contribution in [0, 0.1) is 6.92 Å². The summed E-state index contributed by atoms with van der Waals surface area (Å²) in [6.07, 6.45) is -3.97. The highest BCUT2D eigenvalue weighted by molar-refractivity contribution is 5.71. The van der Waals surface area contributed by atoms with Crippen molar-refractivity contribution in [1.29, 1.82) is 0 Å². The van der Waals surface area contributed by atoms with Crippen LogP contribution in [0.2, 0.25) is 0 Å². The summed E-state index contributed by atoms with van der Waals surface area (Å²) in [7, 11) is 0. The third-order valence-corrected chi connectivity index (χ3v) is 4.48. The van der Waals surface area contributed by atoms with Gasteiger partial charge in [0.1, 0.15) is 11.6 Å². The number of para-hydroxylation sites is 1. The molecule has 0 amide bonds. The third-order valence-electron chi connectivity index (χ3n) is 4.48. The molecule has 0 aliphatic rings. The highest BCUT2D eigenvalue weighted by Crippen LogP contribution is 2.30. The van der Waals surface area contributed by atoms with Crippen molar-refractivity contribution in [3.63, 3.8) is 0 Å². The Bertz CT molecular complexity index is 1040. The molecule has 6 nitrogen and oxygen atoms in total. The van der Waals surface area contributed by atoms with E-state index >= 15 is 0 Å². The second-order valence-corrected chi connectivity index (χ2v) is 6.78. The molecule has 0 aliphatic heterocycles. The maximum Gasteiger partial charge on any atom is 0.573 e. The minimum atomic E-state index is -4.79. The van der Waals surface area contributed by atoms with Crippen LogP contribution in [0.3, 0.4) is 0 Å². The second-order valence-electron chi connectivity index (χ2n) is 6.78. The quantitative estimate of drug-likeness (QED) is 0.462. The summed E-state index contributed by atoms with van der Waals surface area (Å²) in [5.41, 5.74) is 3.88. The topological polar surface area (TPSA) is 79.3 Å². The molecule has 2 aromatic carbocycles. The number of alkyl halides is 3. The van der Waals surface area contributed by atoms with E-state index in [4.69, 9.17) is 5.11 Å². The first-order valence-corrected chi connectivity index (χ1v) is 9.74. The van der Waals surface area contributed by atoms with Crippen molar-refractivity contribution < 1.29 is 23.0 Å². The van der Waals surface area contributed by atoms with E-state index in [-0.39, 0.29) is 24.8 Å². The normalized spacial score (nSPS) is 11.3. The lowest BCUT2D eigenvalue weighted by Gasteiger charge is -2.16. The molecule has 1 heterocycles. The van der Waals surface area contributed by atoms with Gasteiger partial charge < -0.3 is 20.5 Å². The van der Waals surface area contributed by atoms with E-state index < -0.39 is 6.36 Å². The molecule has 0 saturated carbocycles. The van der Waals surface area contributed by atoms with Gasteiger partial charge in [0, 0.05) is 23.9 Å². The molecule has 0 unspecified atom stereocenters. The molecule has 3 aromatic rings. The Balaban J connectivity index is 2.01. The van der Waals surface area contributed by atoms with Crippen LogP contribution in [-0.4, -0.2) is 34.6 Å². The minimum Gasteiger partial charge on any atom is -0.406 e. The maximum atomic E-state index is 12.6. The fourth-order valence-corrected chi connectivity index (χ4v) is 3.09. The Morgan fingerprint density at radius 2 is 1.84 bits per heavy atom. The van der Waals surface area contributed by atoms with Crippen molar-refractivity contribution in [1.82, 2.24) is 9.97 Å². The van der Waals surface area contributed by atoms with Gasteiger partial charge in [-0.05, 0) is 36.6 Å². The number of ether oxygens (including phenoxy) is 1. The molecule has 31 heavy (non-hydrogen) atoms. The van der Waals surface area contributed by atoms with Gasteiger partial charge in [-0.25, -0.2) is 4.98 Å². The number of aliphatic hydroxyl groups excluding tert-OH is 1. The number of hydrogen-bond acceptors (Lipinski definition) is 6. The molecule has 0 spiro atoms. The largest absolute Gasteiger partial charge is 0.573 e. The van der Waals surface area contributed by atoms with Crippen LogP contribution >= 0.6 is 0 Å². The summed E-state index contributed by atoms with van der Waals surface area (Å²) in [5.74, 6) is 0.370. The van der Waals surface area contributed by atoms with Crippen LogP contribution in [-0.2, 0) is 6.42 Å². The Morgan fingerprint density at radius 1 is 1.06 bits per heavy atom. The molecule has 9 heteroatoms. The average Bonchev–Trinajstić information content (AvgIpc) is 2.72. The smallest absolute Gasteiger partial charge is 0.406 e. The number of anilines is 3. The van der Waals surface area contributed by atoms with Crippen molar-refractivity contribution in [2.45, 2.75) is 26.6 Å². The van der Waals surface area contributed by atoms with Crippen molar-refractivity contribution in [3.05, 3.63) is 59.7 Å². The van der Waals surface area contributed by atoms with Crippen LogP contribution in [0.5, 0.6) is 5.75 Å². The molecule has 0 saturated heterocycles. The lowest BCUT2D eigenvalue weighted by molar-refractivity contribution is -0.274. The third kappa shape index (κ3) is 6.08.